The normalized spacial score (nSPS) is 23.7. The first-order chi connectivity index (χ1) is 12.3. The van der Waals surface area contributed by atoms with E-state index in [1.807, 2.05) is 0 Å². The van der Waals surface area contributed by atoms with Crippen molar-refractivity contribution in [3.63, 3.8) is 0 Å². The maximum atomic E-state index is 12.5. The zero-order chi connectivity index (χ0) is 20.7. The molecule has 1 unspecified atom stereocenters. The van der Waals surface area contributed by atoms with Crippen LogP contribution in [0.25, 0.3) is 0 Å². The second kappa shape index (κ2) is 7.56. The Morgan fingerprint density at radius 2 is 1.81 bits per heavy atom. The van der Waals surface area contributed by atoms with Gasteiger partial charge < -0.3 is 14.6 Å². The first-order valence-corrected chi connectivity index (χ1v) is 10.7. The van der Waals surface area contributed by atoms with Crippen molar-refractivity contribution in [3.05, 3.63) is 9.93 Å². The molecule has 0 radical (unpaired) electrons. The van der Waals surface area contributed by atoms with Crippen molar-refractivity contribution in [2.75, 3.05) is 12.5 Å². The molecule has 0 bridgehead atoms. The van der Waals surface area contributed by atoms with Gasteiger partial charge in [-0.25, -0.2) is 4.79 Å². The summed E-state index contributed by atoms with van der Waals surface area (Å²) in [6.45, 7) is 9.12. The molecular formula is C17H25NO7S2. The second-order valence-electron chi connectivity index (χ2n) is 7.85. The minimum Gasteiger partial charge on any atom is -0.427 e. The zero-order valence-corrected chi connectivity index (χ0v) is 17.9. The van der Waals surface area contributed by atoms with E-state index in [0.717, 1.165) is 11.8 Å². The van der Waals surface area contributed by atoms with E-state index in [1.54, 1.807) is 27.7 Å². The Balaban J connectivity index is 2.16. The molecule has 2 rings (SSSR count). The highest BCUT2D eigenvalue weighted by atomic mass is 32.2. The fourth-order valence-corrected chi connectivity index (χ4v) is 5.78. The van der Waals surface area contributed by atoms with Gasteiger partial charge in [0.2, 0.25) is 12.7 Å². The standard InChI is InChI=1S/C17H25NO7S2/c1-7-27(23)14-10(13(20)24-8-25-15(21)16(2,3)4)18-11(19)9(12(18)26-14)17(5,6)22/h9,12,22H,7-8H2,1-6H3/t9-,12-,27?/m1/s1. The number of β-lactam (4-membered cyclic amide) rings is 1. The van der Waals surface area contributed by atoms with E-state index in [9.17, 15) is 23.7 Å². The number of rotatable bonds is 6. The van der Waals surface area contributed by atoms with Gasteiger partial charge in [-0.3, -0.25) is 18.7 Å². The van der Waals surface area contributed by atoms with Crippen LogP contribution >= 0.6 is 11.8 Å². The highest BCUT2D eigenvalue weighted by molar-refractivity contribution is 8.17. The van der Waals surface area contributed by atoms with Crippen LogP contribution in [0.4, 0.5) is 0 Å². The number of aliphatic hydroxyl groups is 1. The molecule has 2 heterocycles. The predicted molar refractivity (Wildman–Crippen MR) is 100 cm³/mol. The highest BCUT2D eigenvalue weighted by Crippen LogP contribution is 2.53. The molecule has 3 atom stereocenters. The van der Waals surface area contributed by atoms with Crippen molar-refractivity contribution in [1.82, 2.24) is 4.90 Å². The van der Waals surface area contributed by atoms with Crippen LogP contribution in [0, 0.1) is 11.3 Å². The molecule has 0 aromatic rings. The largest absolute Gasteiger partial charge is 0.427 e. The lowest BCUT2D eigenvalue weighted by Crippen LogP contribution is -2.64. The molecule has 0 spiro atoms. The number of hydrogen-bond acceptors (Lipinski definition) is 8. The van der Waals surface area contributed by atoms with Crippen molar-refractivity contribution in [2.24, 2.45) is 11.3 Å². The molecular weight excluding hydrogens is 394 g/mol. The van der Waals surface area contributed by atoms with E-state index in [4.69, 9.17) is 9.47 Å². The summed E-state index contributed by atoms with van der Waals surface area (Å²) in [7, 11) is -1.48. The first-order valence-electron chi connectivity index (χ1n) is 8.49. The number of fused-ring (bicyclic) bond motifs is 1. The molecule has 1 amide bonds. The molecule has 0 aromatic heterocycles. The lowest BCUT2D eigenvalue weighted by molar-refractivity contribution is -0.175. The Morgan fingerprint density at radius 3 is 2.30 bits per heavy atom. The quantitative estimate of drug-likeness (QED) is 0.390. The van der Waals surface area contributed by atoms with Gasteiger partial charge in [0, 0.05) is 5.75 Å². The molecule has 8 nitrogen and oxygen atoms in total. The predicted octanol–water partition coefficient (Wildman–Crippen LogP) is 1.32. The molecule has 0 saturated carbocycles. The van der Waals surface area contributed by atoms with Crippen LogP contribution in [0.15, 0.2) is 9.93 Å². The van der Waals surface area contributed by atoms with E-state index in [-0.39, 0.29) is 15.7 Å². The molecule has 2 aliphatic heterocycles. The van der Waals surface area contributed by atoms with Gasteiger partial charge in [0.15, 0.2) is 5.70 Å². The van der Waals surface area contributed by atoms with E-state index in [0.29, 0.717) is 0 Å². The SMILES string of the molecule is CCS(=O)C1=C(C(=O)OCOC(=O)C(C)(C)C)N2C(=O)[C@@H](C(C)(C)O)[C@H]2S1. The number of esters is 2. The molecule has 0 aromatic carbocycles. The van der Waals surface area contributed by atoms with Gasteiger partial charge in [0.05, 0.1) is 27.7 Å². The van der Waals surface area contributed by atoms with Crippen molar-refractivity contribution in [3.8, 4) is 0 Å². The Bertz CT molecular complexity index is 718. The van der Waals surface area contributed by atoms with Gasteiger partial charge in [0.25, 0.3) is 0 Å². The van der Waals surface area contributed by atoms with Gasteiger partial charge in [-0.05, 0) is 34.6 Å². The van der Waals surface area contributed by atoms with Crippen LogP contribution in [-0.2, 0) is 34.7 Å². The molecule has 0 aliphatic carbocycles. The Labute approximate surface area is 165 Å². The number of amides is 1. The summed E-state index contributed by atoms with van der Waals surface area (Å²) in [5.74, 6) is -2.30. The summed E-state index contributed by atoms with van der Waals surface area (Å²) < 4.78 is 22.5. The average Bonchev–Trinajstić information content (AvgIpc) is 2.86. The van der Waals surface area contributed by atoms with E-state index >= 15 is 0 Å². The second-order valence-corrected chi connectivity index (χ2v) is 10.9. The van der Waals surface area contributed by atoms with Crippen LogP contribution in [0.1, 0.15) is 41.5 Å². The molecule has 27 heavy (non-hydrogen) atoms. The molecule has 152 valence electrons. The summed E-state index contributed by atoms with van der Waals surface area (Å²) >= 11 is 1.13. The van der Waals surface area contributed by atoms with Gasteiger partial charge in [0.1, 0.15) is 9.61 Å². The lowest BCUT2D eigenvalue weighted by atomic mass is 9.83. The van der Waals surface area contributed by atoms with E-state index in [2.05, 4.69) is 0 Å². The minimum absolute atomic E-state index is 0.0949. The maximum Gasteiger partial charge on any atom is 0.359 e. The van der Waals surface area contributed by atoms with Gasteiger partial charge in [-0.1, -0.05) is 18.7 Å². The number of carbonyl (C=O) groups is 3. The summed E-state index contributed by atoms with van der Waals surface area (Å²) in [5, 5.41) is 9.70. The van der Waals surface area contributed by atoms with Gasteiger partial charge in [-0.15, -0.1) is 0 Å². The fraction of sp³-hybridized carbons (Fsp3) is 0.706. The Morgan fingerprint density at radius 1 is 1.22 bits per heavy atom. The monoisotopic (exact) mass is 419 g/mol. The van der Waals surface area contributed by atoms with Crippen LogP contribution in [0.5, 0.6) is 0 Å². The summed E-state index contributed by atoms with van der Waals surface area (Å²) in [6.07, 6.45) is 0. The van der Waals surface area contributed by atoms with Crippen LogP contribution < -0.4 is 0 Å². The molecule has 1 fully saturated rings. The molecule has 10 heteroatoms. The summed E-state index contributed by atoms with van der Waals surface area (Å²) in [5.41, 5.74) is -2.11. The van der Waals surface area contributed by atoms with Gasteiger partial charge in [-0.2, -0.15) is 0 Å². The first kappa shape index (κ1) is 21.9. The number of hydrogen-bond donors (Lipinski definition) is 1. The maximum absolute atomic E-state index is 12.5. The molecule has 2 aliphatic rings. The zero-order valence-electron chi connectivity index (χ0n) is 16.2. The van der Waals surface area contributed by atoms with Crippen LogP contribution in [0.2, 0.25) is 0 Å². The third-order valence-corrected chi connectivity index (χ3v) is 7.23. The summed E-state index contributed by atoms with van der Waals surface area (Å²) in [4.78, 5) is 38.0. The highest BCUT2D eigenvalue weighted by Gasteiger charge is 2.61. The number of carbonyl (C=O) groups excluding carboxylic acids is 3. The van der Waals surface area contributed by atoms with E-state index in [1.165, 1.54) is 18.7 Å². The van der Waals surface area contributed by atoms with Crippen molar-refractivity contribution < 1.29 is 33.2 Å². The average molecular weight is 420 g/mol. The number of ether oxygens (including phenoxy) is 2. The number of thioether (sulfide) groups is 1. The van der Waals surface area contributed by atoms with E-state index < -0.39 is 57.7 Å². The number of nitrogens with zero attached hydrogens (tertiary/aromatic N) is 1. The molecule has 1 N–H and O–H groups in total. The van der Waals surface area contributed by atoms with Crippen molar-refractivity contribution in [2.45, 2.75) is 52.5 Å². The van der Waals surface area contributed by atoms with Gasteiger partial charge >= 0.3 is 11.9 Å². The smallest absolute Gasteiger partial charge is 0.359 e. The van der Waals surface area contributed by atoms with Crippen LogP contribution in [0.3, 0.4) is 0 Å². The third kappa shape index (κ3) is 4.22. The third-order valence-electron chi connectivity index (χ3n) is 4.12. The summed E-state index contributed by atoms with van der Waals surface area (Å²) in [6, 6.07) is 0. The molecule has 1 saturated heterocycles. The van der Waals surface area contributed by atoms with Crippen molar-refractivity contribution in [1.29, 1.82) is 0 Å². The van der Waals surface area contributed by atoms with Crippen molar-refractivity contribution >= 4 is 40.4 Å². The van der Waals surface area contributed by atoms with Crippen LogP contribution in [-0.4, -0.2) is 55.6 Å². The Hall–Kier alpha value is -1.39. The Kier molecular flexibility index (Phi) is 6.13. The lowest BCUT2D eigenvalue weighted by Gasteiger charge is -2.47. The minimum atomic E-state index is -1.48. The topological polar surface area (TPSA) is 110 Å². The fourth-order valence-electron chi connectivity index (χ4n) is 2.63.